The van der Waals surface area contributed by atoms with Crippen molar-refractivity contribution in [3.8, 4) is 11.1 Å². The maximum Gasteiger partial charge on any atom is 0.270 e. The molecule has 2 saturated carbocycles. The fourth-order valence-corrected chi connectivity index (χ4v) is 6.14. The number of aryl methyl sites for hydroxylation is 2. The van der Waals surface area contributed by atoms with Gasteiger partial charge < -0.3 is 15.5 Å². The fourth-order valence-electron chi connectivity index (χ4n) is 6.14. The maximum atomic E-state index is 15.1. The van der Waals surface area contributed by atoms with Crippen molar-refractivity contribution in [2.45, 2.75) is 52.1 Å². The molecule has 1 atom stereocenters. The third-order valence-electron chi connectivity index (χ3n) is 8.30. The van der Waals surface area contributed by atoms with E-state index in [-0.39, 0.29) is 23.6 Å². The summed E-state index contributed by atoms with van der Waals surface area (Å²) < 4.78 is 16.8. The molecule has 1 saturated heterocycles. The van der Waals surface area contributed by atoms with Crippen molar-refractivity contribution in [1.29, 1.82) is 0 Å². The van der Waals surface area contributed by atoms with Crippen molar-refractivity contribution in [2.75, 3.05) is 25.5 Å². The molecule has 0 aromatic carbocycles. The first-order chi connectivity index (χ1) is 18.8. The van der Waals surface area contributed by atoms with E-state index in [1.807, 2.05) is 6.92 Å². The van der Waals surface area contributed by atoms with Gasteiger partial charge in [0, 0.05) is 48.6 Å². The number of pyridine rings is 1. The minimum absolute atomic E-state index is 0.0472. The van der Waals surface area contributed by atoms with Crippen LogP contribution in [0.15, 0.2) is 24.4 Å². The average molecular weight is 535 g/mol. The van der Waals surface area contributed by atoms with Gasteiger partial charge in [-0.15, -0.1) is 0 Å². The van der Waals surface area contributed by atoms with Crippen LogP contribution in [0.1, 0.15) is 47.6 Å². The lowest BCUT2D eigenvalue weighted by atomic mass is 9.88. The Morgan fingerprint density at radius 1 is 1.13 bits per heavy atom. The minimum Gasteiger partial charge on any atom is -0.339 e. The molecule has 4 heterocycles. The van der Waals surface area contributed by atoms with Gasteiger partial charge in [0.1, 0.15) is 17.6 Å². The number of carbonyl (C=O) groups is 2. The van der Waals surface area contributed by atoms with Crippen LogP contribution in [0.2, 0.25) is 0 Å². The van der Waals surface area contributed by atoms with Crippen LogP contribution in [0.25, 0.3) is 11.1 Å². The first kappa shape index (κ1) is 25.7. The van der Waals surface area contributed by atoms with Crippen molar-refractivity contribution in [3.63, 3.8) is 0 Å². The average Bonchev–Trinajstić information content (AvgIpc) is 3.81. The topological polar surface area (TPSA) is 121 Å². The number of hydrogen-bond donors (Lipinski definition) is 3. The largest absolute Gasteiger partial charge is 0.339 e. The summed E-state index contributed by atoms with van der Waals surface area (Å²) in [5.41, 5.74) is 2.85. The molecule has 3 fully saturated rings. The highest BCUT2D eigenvalue weighted by Crippen LogP contribution is 2.51. The summed E-state index contributed by atoms with van der Waals surface area (Å²) in [5.74, 6) is 0.0550. The summed E-state index contributed by atoms with van der Waals surface area (Å²) in [6.45, 7) is 6.23. The van der Waals surface area contributed by atoms with Crippen LogP contribution in [0.5, 0.6) is 0 Å². The van der Waals surface area contributed by atoms with Gasteiger partial charge in [-0.3, -0.25) is 19.4 Å². The number of H-pyrrole nitrogens is 1. The molecule has 6 rings (SSSR count). The second kappa shape index (κ2) is 10.2. The van der Waals surface area contributed by atoms with Gasteiger partial charge in [0.05, 0.1) is 5.69 Å². The summed E-state index contributed by atoms with van der Waals surface area (Å²) >= 11 is 0. The van der Waals surface area contributed by atoms with Crippen LogP contribution < -0.4 is 10.6 Å². The Morgan fingerprint density at radius 2 is 1.85 bits per heavy atom. The Bertz CT molecular complexity index is 1350. The van der Waals surface area contributed by atoms with Crippen LogP contribution >= 0.6 is 0 Å². The van der Waals surface area contributed by atoms with Crippen molar-refractivity contribution < 1.29 is 14.0 Å². The van der Waals surface area contributed by atoms with E-state index < -0.39 is 12.0 Å². The molecule has 3 aromatic heterocycles. The van der Waals surface area contributed by atoms with E-state index in [2.05, 4.69) is 42.9 Å². The van der Waals surface area contributed by atoms with E-state index in [4.69, 9.17) is 0 Å². The number of aromatic nitrogens is 5. The normalized spacial score (nSPS) is 18.7. The number of nitrogens with one attached hydrogen (secondary N) is 3. The van der Waals surface area contributed by atoms with Crippen molar-refractivity contribution in [2.24, 2.45) is 23.7 Å². The molecule has 1 aliphatic heterocycles. The second-order valence-corrected chi connectivity index (χ2v) is 11.5. The van der Waals surface area contributed by atoms with Gasteiger partial charge in [-0.05, 0) is 82.5 Å². The monoisotopic (exact) mass is 534 g/mol. The first-order valence-corrected chi connectivity index (χ1v) is 13.8. The molecule has 10 nitrogen and oxygen atoms in total. The van der Waals surface area contributed by atoms with E-state index in [1.165, 1.54) is 0 Å². The number of aromatic amines is 1. The van der Waals surface area contributed by atoms with E-state index in [9.17, 15) is 9.59 Å². The zero-order chi connectivity index (χ0) is 27.3. The molecule has 0 unspecified atom stereocenters. The van der Waals surface area contributed by atoms with E-state index in [1.54, 1.807) is 36.0 Å². The molecule has 2 amide bonds. The van der Waals surface area contributed by atoms with Gasteiger partial charge >= 0.3 is 0 Å². The molecule has 3 N–H and O–H groups in total. The van der Waals surface area contributed by atoms with Gasteiger partial charge in [0.15, 0.2) is 0 Å². The lowest BCUT2D eigenvalue weighted by Gasteiger charge is -2.36. The number of halogens is 1. The molecular formula is C28H35FN8O2. The number of anilines is 1. The van der Waals surface area contributed by atoms with Crippen LogP contribution in [0.4, 0.5) is 10.2 Å². The molecule has 3 aliphatic rings. The molecular weight excluding hydrogens is 499 g/mol. The van der Waals surface area contributed by atoms with E-state index >= 15 is 4.39 Å². The number of nitrogens with zero attached hydrogens (tertiary/aromatic N) is 5. The highest BCUT2D eigenvalue weighted by molar-refractivity contribution is 6.00. The van der Waals surface area contributed by atoms with Gasteiger partial charge in [0.2, 0.25) is 11.9 Å². The van der Waals surface area contributed by atoms with Gasteiger partial charge in [-0.1, -0.05) is 0 Å². The van der Waals surface area contributed by atoms with E-state index in [0.717, 1.165) is 44.5 Å². The fraction of sp³-hybridized carbons (Fsp3) is 0.536. The number of likely N-dealkylation sites (tertiary alicyclic amines) is 1. The number of carbonyl (C=O) groups excluding carboxylic acids is 2. The quantitative estimate of drug-likeness (QED) is 0.344. The standard InChI is InChI=1S/C28H35FN8O2/c1-15-23(16(2)35-34-15)20-8-9-22(31-26(20)29)32-28(39)25(24(18-4-5-18)19-6-7-19)33-27(38)21-10-11-30-37(21)14-17-12-36(3)13-17/h8-11,17-19,24-25H,4-7,12-14H2,1-3H3,(H,33,38)(H,34,35)(H,31,32,39)/t25-/m0/s1. The summed E-state index contributed by atoms with van der Waals surface area (Å²) in [6, 6.07) is 4.16. The SMILES string of the molecule is Cc1n[nH]c(C)c1-c1ccc(NC(=O)[C@@H](NC(=O)c2ccnn2CC2CN(C)C2)C(C2CC2)C2CC2)nc1F. The van der Waals surface area contributed by atoms with Crippen LogP contribution in [-0.4, -0.2) is 67.9 Å². The second-order valence-electron chi connectivity index (χ2n) is 11.5. The summed E-state index contributed by atoms with van der Waals surface area (Å²) in [5, 5.41) is 17.2. The molecule has 11 heteroatoms. The number of rotatable bonds is 10. The Morgan fingerprint density at radius 3 is 2.44 bits per heavy atom. The molecule has 2 aliphatic carbocycles. The molecule has 0 bridgehead atoms. The van der Waals surface area contributed by atoms with Crippen molar-refractivity contribution >= 4 is 17.6 Å². The van der Waals surface area contributed by atoms with Gasteiger partial charge in [-0.2, -0.15) is 14.6 Å². The van der Waals surface area contributed by atoms with E-state index in [0.29, 0.717) is 46.8 Å². The first-order valence-electron chi connectivity index (χ1n) is 13.8. The Kier molecular flexibility index (Phi) is 6.70. The zero-order valence-electron chi connectivity index (χ0n) is 22.6. The lowest BCUT2D eigenvalue weighted by Crippen LogP contribution is -2.50. The van der Waals surface area contributed by atoms with Gasteiger partial charge in [0.25, 0.3) is 5.91 Å². The summed E-state index contributed by atoms with van der Waals surface area (Å²) in [6.07, 6.45) is 5.85. The number of amides is 2. The molecule has 3 aromatic rings. The summed E-state index contributed by atoms with van der Waals surface area (Å²) in [4.78, 5) is 33.4. The Hall–Kier alpha value is -3.60. The third-order valence-corrected chi connectivity index (χ3v) is 8.30. The number of hydrogen-bond acceptors (Lipinski definition) is 6. The zero-order valence-corrected chi connectivity index (χ0v) is 22.6. The van der Waals surface area contributed by atoms with Crippen LogP contribution in [-0.2, 0) is 11.3 Å². The predicted molar refractivity (Wildman–Crippen MR) is 143 cm³/mol. The predicted octanol–water partition coefficient (Wildman–Crippen LogP) is 3.16. The van der Waals surface area contributed by atoms with Crippen LogP contribution in [0.3, 0.4) is 0 Å². The molecule has 39 heavy (non-hydrogen) atoms. The third kappa shape index (κ3) is 5.32. The summed E-state index contributed by atoms with van der Waals surface area (Å²) in [7, 11) is 2.07. The van der Waals surface area contributed by atoms with Gasteiger partial charge in [-0.25, -0.2) is 4.98 Å². The molecule has 206 valence electrons. The molecule has 0 spiro atoms. The smallest absolute Gasteiger partial charge is 0.270 e. The Labute approximate surface area is 226 Å². The lowest BCUT2D eigenvalue weighted by molar-refractivity contribution is -0.119. The molecule has 0 radical (unpaired) electrons. The van der Waals surface area contributed by atoms with Crippen molar-refractivity contribution in [3.05, 3.63) is 47.4 Å². The van der Waals surface area contributed by atoms with Crippen LogP contribution in [0, 0.1) is 43.5 Å². The highest BCUT2D eigenvalue weighted by atomic mass is 19.1. The Balaban J connectivity index is 1.21. The maximum absolute atomic E-state index is 15.1. The van der Waals surface area contributed by atoms with Crippen molar-refractivity contribution in [1.82, 2.24) is 35.2 Å². The minimum atomic E-state index is -0.737. The highest BCUT2D eigenvalue weighted by Gasteiger charge is 2.48.